The van der Waals surface area contributed by atoms with E-state index in [1.54, 1.807) is 60.7 Å². The van der Waals surface area contributed by atoms with Gasteiger partial charge in [0, 0.05) is 17.6 Å². The van der Waals surface area contributed by atoms with Crippen LogP contribution in [0.25, 0.3) is 0 Å². The molecule has 0 bridgehead atoms. The summed E-state index contributed by atoms with van der Waals surface area (Å²) >= 11 is 6.07. The predicted octanol–water partition coefficient (Wildman–Crippen LogP) is 5.87. The summed E-state index contributed by atoms with van der Waals surface area (Å²) in [5.74, 6) is -0.764. The van der Waals surface area contributed by atoms with Crippen molar-refractivity contribution in [2.75, 3.05) is 10.8 Å². The summed E-state index contributed by atoms with van der Waals surface area (Å²) in [6.45, 7) is 9.14. The van der Waals surface area contributed by atoms with Gasteiger partial charge in [0.1, 0.15) is 12.6 Å². The molecule has 9 heteroatoms. The van der Waals surface area contributed by atoms with E-state index in [0.29, 0.717) is 17.1 Å². The number of hydrogen-bond acceptors (Lipinski definition) is 4. The number of rotatable bonds is 12. The highest BCUT2D eigenvalue weighted by atomic mass is 35.5. The van der Waals surface area contributed by atoms with E-state index < -0.39 is 28.5 Å². The number of halogens is 1. The second kappa shape index (κ2) is 13.8. The molecule has 0 saturated heterocycles. The van der Waals surface area contributed by atoms with Gasteiger partial charge in [-0.3, -0.25) is 13.9 Å². The molecule has 0 fully saturated rings. The average Bonchev–Trinajstić information content (AvgIpc) is 2.93. The van der Waals surface area contributed by atoms with E-state index in [0.717, 1.165) is 27.4 Å². The molecular weight excluding hydrogens is 546 g/mol. The number of anilines is 1. The monoisotopic (exact) mass is 583 g/mol. The molecule has 3 rings (SSSR count). The SMILES string of the molecule is CC[C@H](C)NC(=O)[C@H](CC)N(Cc1ccc(Cl)cc1)C(=O)CN(c1ccc(C)cc1)S(=O)(=O)c1ccc(C)cc1. The largest absolute Gasteiger partial charge is 0.352 e. The number of hydrogen-bond donors (Lipinski definition) is 1. The lowest BCUT2D eigenvalue weighted by atomic mass is 10.1. The third kappa shape index (κ3) is 7.86. The number of aryl methyl sites for hydroxylation is 2. The van der Waals surface area contributed by atoms with E-state index in [-0.39, 0.29) is 23.4 Å². The fourth-order valence-electron chi connectivity index (χ4n) is 4.22. The van der Waals surface area contributed by atoms with Crippen LogP contribution in [0.2, 0.25) is 5.02 Å². The highest BCUT2D eigenvalue weighted by Crippen LogP contribution is 2.26. The number of carbonyl (C=O) groups excluding carboxylic acids is 2. The van der Waals surface area contributed by atoms with Crippen LogP contribution in [0.3, 0.4) is 0 Å². The van der Waals surface area contributed by atoms with Crippen molar-refractivity contribution in [3.8, 4) is 0 Å². The van der Waals surface area contributed by atoms with E-state index in [1.807, 2.05) is 34.6 Å². The maximum atomic E-state index is 14.1. The molecule has 0 aliphatic heterocycles. The number of nitrogens with zero attached hydrogens (tertiary/aromatic N) is 2. The van der Waals surface area contributed by atoms with Crippen LogP contribution in [0.15, 0.2) is 77.7 Å². The summed E-state index contributed by atoms with van der Waals surface area (Å²) in [6.07, 6.45) is 1.10. The summed E-state index contributed by atoms with van der Waals surface area (Å²) in [7, 11) is -4.10. The van der Waals surface area contributed by atoms with Crippen LogP contribution >= 0.6 is 11.6 Å². The first-order valence-corrected chi connectivity index (χ1v) is 15.3. The number of nitrogens with one attached hydrogen (secondary N) is 1. The molecule has 3 aromatic carbocycles. The van der Waals surface area contributed by atoms with Crippen LogP contribution < -0.4 is 9.62 Å². The van der Waals surface area contributed by atoms with Crippen LogP contribution in [-0.2, 0) is 26.2 Å². The molecule has 0 radical (unpaired) electrons. The number of benzene rings is 3. The number of amides is 2. The van der Waals surface area contributed by atoms with E-state index in [9.17, 15) is 18.0 Å². The van der Waals surface area contributed by atoms with Gasteiger partial charge in [-0.05, 0) is 75.6 Å². The van der Waals surface area contributed by atoms with Gasteiger partial charge >= 0.3 is 0 Å². The Morgan fingerprint density at radius 3 is 1.93 bits per heavy atom. The van der Waals surface area contributed by atoms with Crippen LogP contribution in [0, 0.1) is 13.8 Å². The second-order valence-electron chi connectivity index (χ2n) is 10.1. The van der Waals surface area contributed by atoms with Crippen molar-refractivity contribution in [2.24, 2.45) is 0 Å². The zero-order chi connectivity index (χ0) is 29.4. The molecular formula is C31H38ClN3O4S. The maximum absolute atomic E-state index is 14.1. The summed E-state index contributed by atoms with van der Waals surface area (Å²) in [4.78, 5) is 28.9. The number of carbonyl (C=O) groups is 2. The molecule has 0 aromatic heterocycles. The Hall–Kier alpha value is -3.36. The van der Waals surface area contributed by atoms with Gasteiger partial charge in [0.05, 0.1) is 10.6 Å². The van der Waals surface area contributed by atoms with Gasteiger partial charge in [0.2, 0.25) is 11.8 Å². The summed E-state index contributed by atoms with van der Waals surface area (Å²) in [6, 6.07) is 19.7. The zero-order valence-corrected chi connectivity index (χ0v) is 25.3. The predicted molar refractivity (Wildman–Crippen MR) is 161 cm³/mol. The van der Waals surface area contributed by atoms with Crippen molar-refractivity contribution in [1.82, 2.24) is 10.2 Å². The van der Waals surface area contributed by atoms with Crippen LogP contribution in [-0.4, -0.2) is 43.8 Å². The standard InChI is InChI=1S/C31H38ClN3O4S/c1-6-24(5)33-31(37)29(7-2)34(20-25-12-14-26(32)15-13-25)30(36)21-35(27-16-8-22(3)9-17-27)40(38,39)28-18-10-23(4)11-19-28/h8-19,24,29H,6-7,20-21H2,1-5H3,(H,33,37)/t24-,29-/m0/s1. The van der Waals surface area contributed by atoms with E-state index in [1.165, 1.54) is 17.0 Å². The minimum Gasteiger partial charge on any atom is -0.352 e. The minimum atomic E-state index is -4.10. The van der Waals surface area contributed by atoms with Gasteiger partial charge in [0.15, 0.2) is 0 Å². The third-order valence-electron chi connectivity index (χ3n) is 6.86. The van der Waals surface area contributed by atoms with Crippen molar-refractivity contribution in [3.63, 3.8) is 0 Å². The molecule has 0 aliphatic rings. The quantitative estimate of drug-likeness (QED) is 0.289. The summed E-state index contributed by atoms with van der Waals surface area (Å²) in [5, 5.41) is 3.53. The maximum Gasteiger partial charge on any atom is 0.264 e. The van der Waals surface area contributed by atoms with Gasteiger partial charge in [-0.15, -0.1) is 0 Å². The Bertz CT molecular complexity index is 1390. The van der Waals surface area contributed by atoms with Crippen molar-refractivity contribution >= 4 is 39.1 Å². The molecule has 1 N–H and O–H groups in total. The molecule has 0 aliphatic carbocycles. The lowest BCUT2D eigenvalue weighted by Gasteiger charge is -2.33. The third-order valence-corrected chi connectivity index (χ3v) is 8.90. The molecule has 2 amide bonds. The Morgan fingerprint density at radius 2 is 1.40 bits per heavy atom. The zero-order valence-electron chi connectivity index (χ0n) is 23.7. The van der Waals surface area contributed by atoms with Crippen molar-refractivity contribution in [3.05, 3.63) is 94.5 Å². The average molecular weight is 584 g/mol. The van der Waals surface area contributed by atoms with Gasteiger partial charge in [-0.1, -0.05) is 73.0 Å². The normalized spacial score (nSPS) is 12.8. The molecule has 214 valence electrons. The highest BCUT2D eigenvalue weighted by Gasteiger charge is 2.34. The van der Waals surface area contributed by atoms with Gasteiger partial charge in [-0.25, -0.2) is 8.42 Å². The molecule has 0 unspecified atom stereocenters. The topological polar surface area (TPSA) is 86.8 Å². The molecule has 0 heterocycles. The smallest absolute Gasteiger partial charge is 0.264 e. The van der Waals surface area contributed by atoms with Gasteiger partial charge < -0.3 is 10.2 Å². The first-order chi connectivity index (χ1) is 19.0. The van der Waals surface area contributed by atoms with Gasteiger partial charge in [-0.2, -0.15) is 0 Å². The Kier molecular flexibility index (Phi) is 10.8. The Balaban J connectivity index is 2.04. The van der Waals surface area contributed by atoms with Gasteiger partial charge in [0.25, 0.3) is 10.0 Å². The van der Waals surface area contributed by atoms with E-state index >= 15 is 0 Å². The van der Waals surface area contributed by atoms with Crippen LogP contribution in [0.4, 0.5) is 5.69 Å². The molecule has 40 heavy (non-hydrogen) atoms. The van der Waals surface area contributed by atoms with E-state index in [4.69, 9.17) is 11.6 Å². The second-order valence-corrected chi connectivity index (χ2v) is 12.3. The minimum absolute atomic E-state index is 0.0694. The molecule has 0 saturated carbocycles. The molecule has 2 atom stereocenters. The fourth-order valence-corrected chi connectivity index (χ4v) is 5.76. The number of sulfonamides is 1. The first kappa shape index (κ1) is 31.2. The van der Waals surface area contributed by atoms with Crippen molar-refractivity contribution in [1.29, 1.82) is 0 Å². The first-order valence-electron chi connectivity index (χ1n) is 13.5. The Labute approximate surface area is 243 Å². The van der Waals surface area contributed by atoms with Crippen molar-refractivity contribution in [2.45, 2.75) is 71.0 Å². The molecule has 3 aromatic rings. The summed E-state index contributed by atoms with van der Waals surface area (Å²) in [5.41, 5.74) is 3.02. The van der Waals surface area contributed by atoms with Crippen LogP contribution in [0.5, 0.6) is 0 Å². The van der Waals surface area contributed by atoms with Crippen LogP contribution in [0.1, 0.15) is 50.3 Å². The highest BCUT2D eigenvalue weighted by molar-refractivity contribution is 7.92. The lowest BCUT2D eigenvalue weighted by Crippen LogP contribution is -2.53. The van der Waals surface area contributed by atoms with Crippen molar-refractivity contribution < 1.29 is 18.0 Å². The molecule has 0 spiro atoms. The lowest BCUT2D eigenvalue weighted by molar-refractivity contribution is -0.140. The molecule has 7 nitrogen and oxygen atoms in total. The summed E-state index contributed by atoms with van der Waals surface area (Å²) < 4.78 is 28.9. The fraction of sp³-hybridized carbons (Fsp3) is 0.355. The van der Waals surface area contributed by atoms with E-state index in [2.05, 4.69) is 5.32 Å². The Morgan fingerprint density at radius 1 is 0.850 bits per heavy atom.